The number of methoxy groups -OCH3 is 2. The summed E-state index contributed by atoms with van der Waals surface area (Å²) >= 11 is 4.89. The molecule has 0 aliphatic carbocycles. The van der Waals surface area contributed by atoms with Gasteiger partial charge in [0.1, 0.15) is 16.5 Å². The minimum Gasteiger partial charge on any atom is -0.496 e. The molecule has 1 aliphatic heterocycles. The van der Waals surface area contributed by atoms with Gasteiger partial charge in [0.2, 0.25) is 0 Å². The Balaban J connectivity index is 2.01. The number of nitrogens with zero attached hydrogens (tertiary/aromatic N) is 1. The molecule has 8 nitrogen and oxygen atoms in total. The van der Waals surface area contributed by atoms with Gasteiger partial charge >= 0.3 is 11.9 Å². The van der Waals surface area contributed by atoms with E-state index in [1.54, 1.807) is 34.1 Å². The van der Waals surface area contributed by atoms with E-state index in [0.717, 1.165) is 15.6 Å². The van der Waals surface area contributed by atoms with E-state index in [1.165, 1.54) is 11.3 Å². The summed E-state index contributed by atoms with van der Waals surface area (Å²) in [5, 5.41) is 5.79. The third-order valence-electron chi connectivity index (χ3n) is 7.11. The molecule has 0 amide bonds. The molecule has 10 heteroatoms. The van der Waals surface area contributed by atoms with E-state index < -0.39 is 29.3 Å². The van der Waals surface area contributed by atoms with Crippen LogP contribution in [0, 0.1) is 0 Å². The number of hydrogen-bond acceptors (Lipinski definition) is 9. The molecule has 0 spiro atoms. The number of thiazole rings is 1. The van der Waals surface area contributed by atoms with E-state index in [9.17, 15) is 9.59 Å². The van der Waals surface area contributed by atoms with Crippen LogP contribution >= 0.6 is 27.3 Å². The molecule has 40 heavy (non-hydrogen) atoms. The highest BCUT2D eigenvalue weighted by Crippen LogP contribution is 2.52. The highest BCUT2D eigenvalue weighted by atomic mass is 79.9. The van der Waals surface area contributed by atoms with E-state index in [1.807, 2.05) is 55.6 Å². The second-order valence-electron chi connectivity index (χ2n) is 9.28. The quantitative estimate of drug-likeness (QED) is 0.288. The van der Waals surface area contributed by atoms with Crippen LogP contribution in [0.25, 0.3) is 11.3 Å². The maximum Gasteiger partial charge on any atom is 0.336 e. The van der Waals surface area contributed by atoms with Crippen molar-refractivity contribution >= 4 is 39.2 Å². The van der Waals surface area contributed by atoms with Crippen LogP contribution in [0.1, 0.15) is 44.2 Å². The molecule has 1 N–H and O–H groups in total. The van der Waals surface area contributed by atoms with Crippen molar-refractivity contribution in [3.63, 3.8) is 0 Å². The minimum absolute atomic E-state index is 0.170. The van der Waals surface area contributed by atoms with Crippen molar-refractivity contribution in [3.05, 3.63) is 74.2 Å². The van der Waals surface area contributed by atoms with Gasteiger partial charge in [-0.15, -0.1) is 11.3 Å². The monoisotopic (exact) mass is 628 g/mol. The molecular formula is C30H33BrN2O6S. The Hall–Kier alpha value is -3.37. The number of carbonyl (C=O) groups is 2. The molecule has 1 aromatic heterocycles. The number of aromatic nitrogens is 1. The van der Waals surface area contributed by atoms with E-state index in [4.69, 9.17) is 23.9 Å². The Kier molecular flexibility index (Phi) is 9.20. The second-order valence-corrected chi connectivity index (χ2v) is 11.0. The summed E-state index contributed by atoms with van der Waals surface area (Å²) in [4.78, 5) is 32.8. The summed E-state index contributed by atoms with van der Waals surface area (Å²) in [7, 11) is 3.17. The average molecular weight is 630 g/mol. The number of esters is 2. The van der Waals surface area contributed by atoms with E-state index >= 15 is 0 Å². The fraction of sp³-hybridized carbons (Fsp3) is 0.367. The highest BCUT2D eigenvalue weighted by molar-refractivity contribution is 9.10. The highest BCUT2D eigenvalue weighted by Gasteiger charge is 2.60. The summed E-state index contributed by atoms with van der Waals surface area (Å²) in [6, 6.07) is 12.7. The third-order valence-corrected chi connectivity index (χ3v) is 8.73. The van der Waals surface area contributed by atoms with Gasteiger partial charge in [-0.3, -0.25) is 4.79 Å². The largest absolute Gasteiger partial charge is 0.496 e. The number of halogens is 1. The third kappa shape index (κ3) is 5.10. The molecule has 1 aliphatic rings. The number of hydrogen-bond donors (Lipinski definition) is 1. The van der Waals surface area contributed by atoms with Crippen molar-refractivity contribution in [2.75, 3.05) is 27.4 Å². The first-order chi connectivity index (χ1) is 19.2. The maximum atomic E-state index is 14.2. The lowest BCUT2D eigenvalue weighted by Gasteiger charge is -2.46. The van der Waals surface area contributed by atoms with Crippen LogP contribution in [0.4, 0.5) is 0 Å². The first-order valence-corrected chi connectivity index (χ1v) is 14.7. The maximum absolute atomic E-state index is 14.2. The molecule has 3 aromatic rings. The van der Waals surface area contributed by atoms with Gasteiger partial charge in [0.15, 0.2) is 5.41 Å². The summed E-state index contributed by atoms with van der Waals surface area (Å²) in [6.07, 6.45) is 0. The molecule has 0 radical (unpaired) electrons. The zero-order valence-corrected chi connectivity index (χ0v) is 25.8. The second kappa shape index (κ2) is 12.4. The minimum atomic E-state index is -1.38. The van der Waals surface area contributed by atoms with E-state index in [0.29, 0.717) is 33.5 Å². The van der Waals surface area contributed by atoms with Crippen molar-refractivity contribution in [2.45, 2.75) is 45.1 Å². The molecule has 3 atom stereocenters. The zero-order valence-electron chi connectivity index (χ0n) is 23.4. The van der Waals surface area contributed by atoms with Crippen molar-refractivity contribution in [3.8, 4) is 22.8 Å². The number of ether oxygens (including phenoxy) is 4. The lowest BCUT2D eigenvalue weighted by atomic mass is 9.62. The fourth-order valence-electron chi connectivity index (χ4n) is 5.35. The molecule has 2 heterocycles. The lowest BCUT2D eigenvalue weighted by Crippen LogP contribution is -2.60. The topological polar surface area (TPSA) is 96.0 Å². The van der Waals surface area contributed by atoms with Gasteiger partial charge in [0.05, 0.1) is 43.2 Å². The van der Waals surface area contributed by atoms with Crippen molar-refractivity contribution in [2.24, 2.45) is 0 Å². The van der Waals surface area contributed by atoms with Crippen LogP contribution in [0.15, 0.2) is 63.6 Å². The van der Waals surface area contributed by atoms with Crippen LogP contribution in [0.5, 0.6) is 11.5 Å². The summed E-state index contributed by atoms with van der Waals surface area (Å²) in [5.41, 5.74) is 1.78. The number of carbonyl (C=O) groups excluding carboxylic acids is 2. The molecule has 2 aromatic carbocycles. The van der Waals surface area contributed by atoms with Crippen molar-refractivity contribution in [1.29, 1.82) is 0 Å². The molecular weight excluding hydrogens is 596 g/mol. The van der Waals surface area contributed by atoms with Gasteiger partial charge in [0, 0.05) is 34.7 Å². The van der Waals surface area contributed by atoms with Crippen molar-refractivity contribution in [1.82, 2.24) is 10.3 Å². The Morgan fingerprint density at radius 1 is 1.05 bits per heavy atom. The first kappa shape index (κ1) is 29.6. The van der Waals surface area contributed by atoms with Gasteiger partial charge in [-0.05, 0) is 55.3 Å². The Labute approximate surface area is 246 Å². The van der Waals surface area contributed by atoms with Crippen LogP contribution in [-0.2, 0) is 24.5 Å². The lowest BCUT2D eigenvalue weighted by molar-refractivity contribution is -0.153. The SMILES string of the molecule is CCOC(=O)C1=C(C)NC(C)C(C(=O)OCC)(c2nc(-c3cc(Br)c(OC)cc3OC)cs2)C1c1ccccc1. The average Bonchev–Trinajstić information content (AvgIpc) is 3.43. The molecule has 0 fully saturated rings. The van der Waals surface area contributed by atoms with Crippen LogP contribution in [0.3, 0.4) is 0 Å². The van der Waals surface area contributed by atoms with E-state index in [2.05, 4.69) is 21.2 Å². The molecule has 0 saturated heterocycles. The van der Waals surface area contributed by atoms with Gasteiger partial charge in [-0.25, -0.2) is 9.78 Å². The standard InChI is InChI=1S/C30H33BrN2O6S/c1-7-38-27(34)25-17(3)32-18(4)30(29(35)39-8-2,26(25)19-12-10-9-11-13-19)28-33-22(16-40-28)20-14-21(31)24(37-6)15-23(20)36-5/h9-16,18,26,32H,7-8H2,1-6H3. The Morgan fingerprint density at radius 3 is 2.35 bits per heavy atom. The number of nitrogens with one attached hydrogen (secondary N) is 1. The molecule has 0 saturated carbocycles. The van der Waals surface area contributed by atoms with E-state index in [-0.39, 0.29) is 13.2 Å². The zero-order chi connectivity index (χ0) is 29.0. The molecule has 4 rings (SSSR count). The summed E-state index contributed by atoms with van der Waals surface area (Å²) < 4.78 is 23.1. The van der Waals surface area contributed by atoms with Crippen LogP contribution in [0.2, 0.25) is 0 Å². The summed E-state index contributed by atoms with van der Waals surface area (Å²) in [5.74, 6) is -0.486. The van der Waals surface area contributed by atoms with Gasteiger partial charge in [-0.2, -0.15) is 0 Å². The van der Waals surface area contributed by atoms with Crippen LogP contribution in [-0.4, -0.2) is 50.4 Å². The first-order valence-electron chi connectivity index (χ1n) is 13.0. The molecule has 3 unspecified atom stereocenters. The van der Waals surface area contributed by atoms with Gasteiger partial charge in [-0.1, -0.05) is 30.3 Å². The van der Waals surface area contributed by atoms with Crippen LogP contribution < -0.4 is 14.8 Å². The Morgan fingerprint density at radius 2 is 1.73 bits per heavy atom. The predicted molar refractivity (Wildman–Crippen MR) is 158 cm³/mol. The smallest absolute Gasteiger partial charge is 0.336 e. The van der Waals surface area contributed by atoms with Crippen molar-refractivity contribution < 1.29 is 28.5 Å². The molecule has 212 valence electrons. The van der Waals surface area contributed by atoms with Gasteiger partial charge in [0.25, 0.3) is 0 Å². The Bertz CT molecular complexity index is 1420. The molecule has 0 bridgehead atoms. The number of rotatable bonds is 9. The predicted octanol–water partition coefficient (Wildman–Crippen LogP) is 6.00. The summed E-state index contributed by atoms with van der Waals surface area (Å²) in [6.45, 7) is 7.65. The fourth-order valence-corrected chi connectivity index (χ4v) is 6.99. The van der Waals surface area contributed by atoms with Gasteiger partial charge < -0.3 is 24.3 Å². The number of benzene rings is 2. The normalized spacial score (nSPS) is 20.5. The number of allylic oxidation sites excluding steroid dienone is 1.